The second-order valence-electron chi connectivity index (χ2n) is 5.80. The van der Waals surface area contributed by atoms with Crippen LogP contribution in [0.5, 0.6) is 5.75 Å². The number of ether oxygens (including phenoxy) is 2. The van der Waals surface area contributed by atoms with Gasteiger partial charge in [-0.2, -0.15) is 5.10 Å². The fraction of sp³-hybridized carbons (Fsp3) is 0.167. The number of esters is 1. The number of nitro groups is 1. The number of para-hydroxylation sites is 1. The van der Waals surface area contributed by atoms with Crippen LogP contribution in [0.15, 0.2) is 42.5 Å². The number of H-pyrrole nitrogens is 1. The van der Waals surface area contributed by atoms with Gasteiger partial charge in [-0.05, 0) is 19.1 Å². The Kier molecular flexibility index (Phi) is 5.21. The van der Waals surface area contributed by atoms with Gasteiger partial charge in [0, 0.05) is 17.5 Å². The van der Waals surface area contributed by atoms with Crippen LogP contribution in [0.25, 0.3) is 10.9 Å². The van der Waals surface area contributed by atoms with Gasteiger partial charge in [-0.15, -0.1) is 0 Å². The molecule has 0 saturated heterocycles. The van der Waals surface area contributed by atoms with E-state index < -0.39 is 22.9 Å². The molecule has 1 aromatic heterocycles. The Balaban J connectivity index is 1.74. The van der Waals surface area contributed by atoms with Crippen molar-refractivity contribution >= 4 is 34.2 Å². The van der Waals surface area contributed by atoms with Crippen LogP contribution in [-0.4, -0.2) is 40.2 Å². The molecular weight excluding hydrogens is 368 g/mol. The summed E-state index contributed by atoms with van der Waals surface area (Å²) in [6, 6.07) is 10.8. The molecule has 0 spiro atoms. The number of aromatic nitrogens is 2. The topological polar surface area (TPSA) is 136 Å². The van der Waals surface area contributed by atoms with Crippen molar-refractivity contribution in [2.45, 2.75) is 13.0 Å². The van der Waals surface area contributed by atoms with E-state index in [4.69, 9.17) is 9.47 Å². The first-order valence-corrected chi connectivity index (χ1v) is 8.18. The standard InChI is InChI=1S/C18H16N4O6/c1-10(28-18(24)16-12-5-3-4-6-13(12)20-21-16)17(23)19-14-9-11(22(25)26)7-8-15(14)27-2/h3-10H,1-2H3,(H,19,23)(H,20,21)/t10-/m0/s1. The molecule has 0 aliphatic rings. The number of nitrogens with zero attached hydrogens (tertiary/aromatic N) is 2. The van der Waals surface area contributed by atoms with E-state index >= 15 is 0 Å². The fourth-order valence-electron chi connectivity index (χ4n) is 2.53. The molecule has 2 aromatic carbocycles. The molecule has 0 saturated carbocycles. The number of hydrogen-bond donors (Lipinski definition) is 2. The molecule has 10 nitrogen and oxygen atoms in total. The van der Waals surface area contributed by atoms with Crippen LogP contribution in [0, 0.1) is 10.1 Å². The Morgan fingerprint density at radius 1 is 1.25 bits per heavy atom. The van der Waals surface area contributed by atoms with Crippen LogP contribution < -0.4 is 10.1 Å². The van der Waals surface area contributed by atoms with Gasteiger partial charge in [-0.1, -0.05) is 18.2 Å². The summed E-state index contributed by atoms with van der Waals surface area (Å²) in [5.41, 5.74) is 0.592. The van der Waals surface area contributed by atoms with E-state index in [-0.39, 0.29) is 22.8 Å². The van der Waals surface area contributed by atoms with Gasteiger partial charge in [0.05, 0.1) is 23.2 Å². The summed E-state index contributed by atoms with van der Waals surface area (Å²) < 4.78 is 10.3. The highest BCUT2D eigenvalue weighted by atomic mass is 16.6. The van der Waals surface area contributed by atoms with Crippen molar-refractivity contribution in [3.8, 4) is 5.75 Å². The summed E-state index contributed by atoms with van der Waals surface area (Å²) in [4.78, 5) is 35.1. The highest BCUT2D eigenvalue weighted by Crippen LogP contribution is 2.29. The number of rotatable bonds is 6. The lowest BCUT2D eigenvalue weighted by molar-refractivity contribution is -0.384. The number of nitrogens with one attached hydrogen (secondary N) is 2. The first-order chi connectivity index (χ1) is 13.4. The number of anilines is 1. The minimum absolute atomic E-state index is 0.0585. The molecule has 0 aliphatic heterocycles. The molecule has 0 radical (unpaired) electrons. The van der Waals surface area contributed by atoms with Gasteiger partial charge < -0.3 is 14.8 Å². The number of nitro benzene ring substituents is 1. The summed E-state index contributed by atoms with van der Waals surface area (Å²) in [5, 5.41) is 20.6. The number of methoxy groups -OCH3 is 1. The van der Waals surface area contributed by atoms with E-state index in [9.17, 15) is 19.7 Å². The Morgan fingerprint density at radius 3 is 2.71 bits per heavy atom. The van der Waals surface area contributed by atoms with E-state index in [1.54, 1.807) is 24.3 Å². The highest BCUT2D eigenvalue weighted by Gasteiger charge is 2.23. The number of hydrogen-bond acceptors (Lipinski definition) is 7. The van der Waals surface area contributed by atoms with Crippen molar-refractivity contribution < 1.29 is 24.0 Å². The van der Waals surface area contributed by atoms with Gasteiger partial charge in [-0.25, -0.2) is 4.79 Å². The molecule has 28 heavy (non-hydrogen) atoms. The predicted molar refractivity (Wildman–Crippen MR) is 99.2 cm³/mol. The van der Waals surface area contributed by atoms with Crippen LogP contribution in [0.2, 0.25) is 0 Å². The second-order valence-corrected chi connectivity index (χ2v) is 5.80. The molecule has 2 N–H and O–H groups in total. The van der Waals surface area contributed by atoms with Crippen LogP contribution in [0.4, 0.5) is 11.4 Å². The maximum Gasteiger partial charge on any atom is 0.360 e. The normalized spacial score (nSPS) is 11.6. The van der Waals surface area contributed by atoms with Crippen LogP contribution in [0.1, 0.15) is 17.4 Å². The smallest absolute Gasteiger partial charge is 0.360 e. The minimum Gasteiger partial charge on any atom is -0.495 e. The lowest BCUT2D eigenvalue weighted by Gasteiger charge is -2.14. The first-order valence-electron chi connectivity index (χ1n) is 8.18. The van der Waals surface area contributed by atoms with E-state index in [1.807, 2.05) is 0 Å². The molecule has 0 aliphatic carbocycles. The Bertz CT molecular complexity index is 1060. The molecule has 3 rings (SSSR count). The van der Waals surface area contributed by atoms with Crippen LogP contribution >= 0.6 is 0 Å². The van der Waals surface area contributed by atoms with E-state index in [0.29, 0.717) is 10.9 Å². The molecule has 10 heteroatoms. The number of carbonyl (C=O) groups excluding carboxylic acids is 2. The van der Waals surface area contributed by atoms with E-state index in [2.05, 4.69) is 15.5 Å². The molecule has 1 amide bonds. The van der Waals surface area contributed by atoms with E-state index in [1.165, 1.54) is 26.2 Å². The average molecular weight is 384 g/mol. The molecule has 1 heterocycles. The maximum atomic E-state index is 12.4. The molecule has 3 aromatic rings. The summed E-state index contributed by atoms with van der Waals surface area (Å²) in [5.74, 6) is -1.21. The lowest BCUT2D eigenvalue weighted by Crippen LogP contribution is -2.30. The monoisotopic (exact) mass is 384 g/mol. The van der Waals surface area contributed by atoms with Crippen molar-refractivity contribution in [2.75, 3.05) is 12.4 Å². The van der Waals surface area contributed by atoms with Gasteiger partial charge in [0.1, 0.15) is 5.75 Å². The molecule has 1 atom stereocenters. The SMILES string of the molecule is COc1ccc([N+](=O)[O-])cc1NC(=O)[C@H](C)OC(=O)c1n[nH]c2ccccc12. The third kappa shape index (κ3) is 3.75. The van der Waals surface area contributed by atoms with Crippen LogP contribution in [0.3, 0.4) is 0 Å². The van der Waals surface area contributed by atoms with Crippen molar-refractivity contribution in [3.05, 3.63) is 58.3 Å². The Morgan fingerprint density at radius 2 is 2.00 bits per heavy atom. The van der Waals surface area contributed by atoms with Gasteiger partial charge in [0.2, 0.25) is 0 Å². The summed E-state index contributed by atoms with van der Waals surface area (Å²) >= 11 is 0. The van der Waals surface area contributed by atoms with Crippen LogP contribution in [-0.2, 0) is 9.53 Å². The van der Waals surface area contributed by atoms with Gasteiger partial charge in [0.15, 0.2) is 11.8 Å². The van der Waals surface area contributed by atoms with E-state index in [0.717, 1.165) is 6.07 Å². The fourth-order valence-corrected chi connectivity index (χ4v) is 2.53. The third-order valence-corrected chi connectivity index (χ3v) is 3.97. The molecule has 0 bridgehead atoms. The van der Waals surface area contributed by atoms with Crippen molar-refractivity contribution in [1.82, 2.24) is 10.2 Å². The zero-order valence-corrected chi connectivity index (χ0v) is 15.0. The van der Waals surface area contributed by atoms with Crippen molar-refractivity contribution in [3.63, 3.8) is 0 Å². The van der Waals surface area contributed by atoms with Crippen molar-refractivity contribution in [2.24, 2.45) is 0 Å². The largest absolute Gasteiger partial charge is 0.495 e. The average Bonchev–Trinajstić information content (AvgIpc) is 3.12. The Labute approximate surface area is 158 Å². The number of non-ortho nitro benzene ring substituents is 1. The summed E-state index contributed by atoms with van der Waals surface area (Å²) in [7, 11) is 1.36. The maximum absolute atomic E-state index is 12.4. The molecule has 0 fully saturated rings. The quantitative estimate of drug-likeness (QED) is 0.379. The summed E-state index contributed by atoms with van der Waals surface area (Å²) in [6.07, 6.45) is -1.17. The first kappa shape index (κ1) is 18.8. The number of aromatic amines is 1. The highest BCUT2D eigenvalue weighted by molar-refractivity contribution is 6.03. The van der Waals surface area contributed by atoms with Crippen molar-refractivity contribution in [1.29, 1.82) is 0 Å². The predicted octanol–water partition coefficient (Wildman–Crippen LogP) is 2.66. The number of carbonyl (C=O) groups is 2. The zero-order chi connectivity index (χ0) is 20.3. The number of amides is 1. The zero-order valence-electron chi connectivity index (χ0n) is 15.0. The minimum atomic E-state index is -1.17. The molecule has 144 valence electrons. The molecule has 0 unspecified atom stereocenters. The summed E-state index contributed by atoms with van der Waals surface area (Å²) in [6.45, 7) is 1.38. The Hall–Kier alpha value is -3.95. The second kappa shape index (κ2) is 7.74. The number of fused-ring (bicyclic) bond motifs is 1. The number of benzene rings is 2. The molecular formula is C18H16N4O6. The van der Waals surface area contributed by atoms with Gasteiger partial charge in [-0.3, -0.25) is 20.0 Å². The third-order valence-electron chi connectivity index (χ3n) is 3.97. The van der Waals surface area contributed by atoms with Gasteiger partial charge >= 0.3 is 5.97 Å². The lowest BCUT2D eigenvalue weighted by atomic mass is 10.2. The van der Waals surface area contributed by atoms with Gasteiger partial charge in [0.25, 0.3) is 11.6 Å².